The molecule has 1 heterocycles. The second-order valence-corrected chi connectivity index (χ2v) is 9.90. The standard InChI is InChI=1S/C27H20ClFN4O8S/c1-40-22-9-15(5-8-21(22)41-14-25(35)31-16-3-2-4-18(11-16)33(38)39)10-23-26(36)32(27(37)42-23)13-24(34)30-17-6-7-20(29)19(28)12-17/h2-12H,13-14H2,1H3,(H,30,34)(H,31,35)/b23-10-. The molecule has 0 bridgehead atoms. The number of carbonyl (C=O) groups is 4. The molecule has 0 radical (unpaired) electrons. The van der Waals surface area contributed by atoms with Crippen molar-refractivity contribution in [1.82, 2.24) is 4.90 Å². The van der Waals surface area contributed by atoms with Gasteiger partial charge in [0.1, 0.15) is 12.4 Å². The Bertz CT molecular complexity index is 1630. The Morgan fingerprint density at radius 3 is 2.50 bits per heavy atom. The number of thioether (sulfide) groups is 1. The summed E-state index contributed by atoms with van der Waals surface area (Å²) in [5.41, 5.74) is 0.717. The molecule has 4 rings (SSSR count). The number of benzene rings is 3. The smallest absolute Gasteiger partial charge is 0.294 e. The molecule has 0 aromatic heterocycles. The lowest BCUT2D eigenvalue weighted by Gasteiger charge is -2.13. The number of nitro groups is 1. The van der Waals surface area contributed by atoms with Crippen LogP contribution in [0.4, 0.5) is 26.2 Å². The maximum Gasteiger partial charge on any atom is 0.294 e. The zero-order valence-electron chi connectivity index (χ0n) is 21.6. The van der Waals surface area contributed by atoms with E-state index >= 15 is 0 Å². The van der Waals surface area contributed by atoms with Crippen LogP contribution in [0.2, 0.25) is 5.02 Å². The summed E-state index contributed by atoms with van der Waals surface area (Å²) >= 11 is 6.35. The van der Waals surface area contributed by atoms with E-state index in [-0.39, 0.29) is 38.5 Å². The summed E-state index contributed by atoms with van der Waals surface area (Å²) in [5.74, 6) is -2.17. The summed E-state index contributed by atoms with van der Waals surface area (Å²) < 4.78 is 24.2. The number of nitrogens with zero attached hydrogens (tertiary/aromatic N) is 2. The van der Waals surface area contributed by atoms with Crippen LogP contribution in [0.25, 0.3) is 6.08 Å². The van der Waals surface area contributed by atoms with Crippen LogP contribution in [0, 0.1) is 15.9 Å². The predicted molar refractivity (Wildman–Crippen MR) is 153 cm³/mol. The maximum absolute atomic E-state index is 13.3. The fraction of sp³-hybridized carbons (Fsp3) is 0.111. The lowest BCUT2D eigenvalue weighted by atomic mass is 10.2. The van der Waals surface area contributed by atoms with Gasteiger partial charge in [-0.05, 0) is 59.8 Å². The SMILES string of the molecule is COc1cc(/C=C2\SC(=O)N(CC(=O)Nc3ccc(F)c(Cl)c3)C2=O)ccc1OCC(=O)Nc1cccc([N+](=O)[O-])c1. The van der Waals surface area contributed by atoms with Crippen molar-refractivity contribution in [2.45, 2.75) is 0 Å². The van der Waals surface area contributed by atoms with E-state index in [0.29, 0.717) is 17.3 Å². The second kappa shape index (κ2) is 13.1. The highest BCUT2D eigenvalue weighted by Crippen LogP contribution is 2.34. The minimum Gasteiger partial charge on any atom is -0.493 e. The first-order chi connectivity index (χ1) is 20.0. The highest BCUT2D eigenvalue weighted by Gasteiger charge is 2.36. The van der Waals surface area contributed by atoms with E-state index in [4.69, 9.17) is 21.1 Å². The van der Waals surface area contributed by atoms with Gasteiger partial charge < -0.3 is 20.1 Å². The number of methoxy groups -OCH3 is 1. The number of nitrogens with one attached hydrogen (secondary N) is 2. The van der Waals surface area contributed by atoms with E-state index < -0.39 is 46.9 Å². The van der Waals surface area contributed by atoms with Gasteiger partial charge in [-0.2, -0.15) is 0 Å². The molecule has 0 atom stereocenters. The number of ether oxygens (including phenoxy) is 2. The zero-order chi connectivity index (χ0) is 30.4. The summed E-state index contributed by atoms with van der Waals surface area (Å²) in [6.45, 7) is -0.991. The van der Waals surface area contributed by atoms with Gasteiger partial charge in [0.15, 0.2) is 18.1 Å². The molecule has 3 aromatic rings. The maximum atomic E-state index is 13.3. The fourth-order valence-corrected chi connectivity index (χ4v) is 4.66. The second-order valence-electron chi connectivity index (χ2n) is 8.50. The Balaban J connectivity index is 1.37. The number of rotatable bonds is 10. The van der Waals surface area contributed by atoms with Crippen LogP contribution in [0.5, 0.6) is 11.5 Å². The molecular formula is C27H20ClFN4O8S. The third-order valence-corrected chi connectivity index (χ3v) is 6.76. The van der Waals surface area contributed by atoms with Gasteiger partial charge in [-0.15, -0.1) is 0 Å². The van der Waals surface area contributed by atoms with Crippen LogP contribution in [0.3, 0.4) is 0 Å². The molecule has 12 nitrogen and oxygen atoms in total. The normalized spacial score (nSPS) is 13.7. The van der Waals surface area contributed by atoms with Crippen molar-refractivity contribution in [1.29, 1.82) is 0 Å². The van der Waals surface area contributed by atoms with Gasteiger partial charge in [0.2, 0.25) is 5.91 Å². The number of nitro benzene ring substituents is 1. The molecule has 0 unspecified atom stereocenters. The molecule has 1 aliphatic heterocycles. The Labute approximate surface area is 246 Å². The van der Waals surface area contributed by atoms with Gasteiger partial charge in [0.25, 0.3) is 22.7 Å². The van der Waals surface area contributed by atoms with E-state index in [2.05, 4.69) is 10.6 Å². The van der Waals surface area contributed by atoms with Crippen molar-refractivity contribution in [3.8, 4) is 11.5 Å². The van der Waals surface area contributed by atoms with Crippen LogP contribution < -0.4 is 20.1 Å². The topological polar surface area (TPSA) is 157 Å². The molecule has 0 saturated carbocycles. The molecule has 216 valence electrons. The summed E-state index contributed by atoms with van der Waals surface area (Å²) in [4.78, 5) is 61.1. The van der Waals surface area contributed by atoms with Gasteiger partial charge >= 0.3 is 0 Å². The quantitative estimate of drug-likeness (QED) is 0.180. The number of hydrogen-bond acceptors (Lipinski definition) is 9. The van der Waals surface area contributed by atoms with Crippen LogP contribution in [0.15, 0.2) is 65.6 Å². The van der Waals surface area contributed by atoms with E-state index in [9.17, 15) is 33.7 Å². The minimum absolute atomic E-state index is 0.0599. The van der Waals surface area contributed by atoms with Crippen molar-refractivity contribution in [3.63, 3.8) is 0 Å². The van der Waals surface area contributed by atoms with Crippen LogP contribution in [-0.2, 0) is 14.4 Å². The summed E-state index contributed by atoms with van der Waals surface area (Å²) in [5, 5.41) is 15.0. The molecular weight excluding hydrogens is 595 g/mol. The van der Waals surface area contributed by atoms with Gasteiger partial charge in [0, 0.05) is 23.5 Å². The Kier molecular flexibility index (Phi) is 9.39. The van der Waals surface area contributed by atoms with Crippen LogP contribution >= 0.6 is 23.4 Å². The van der Waals surface area contributed by atoms with Gasteiger partial charge in [-0.3, -0.25) is 34.2 Å². The zero-order valence-corrected chi connectivity index (χ0v) is 23.2. The number of amides is 4. The fourth-order valence-electron chi connectivity index (χ4n) is 3.64. The molecule has 1 saturated heterocycles. The van der Waals surface area contributed by atoms with Gasteiger partial charge in [-0.1, -0.05) is 23.7 Å². The summed E-state index contributed by atoms with van der Waals surface area (Å²) in [6, 6.07) is 13.6. The van der Waals surface area contributed by atoms with Crippen LogP contribution in [-0.4, -0.2) is 53.0 Å². The lowest BCUT2D eigenvalue weighted by Crippen LogP contribution is -2.36. The van der Waals surface area contributed by atoms with Crippen molar-refractivity contribution in [2.75, 3.05) is 30.9 Å². The average Bonchev–Trinajstić information content (AvgIpc) is 3.21. The van der Waals surface area contributed by atoms with Gasteiger partial charge in [-0.25, -0.2) is 4.39 Å². The van der Waals surface area contributed by atoms with E-state index in [1.165, 1.54) is 61.7 Å². The van der Waals surface area contributed by atoms with E-state index in [1.54, 1.807) is 6.07 Å². The van der Waals surface area contributed by atoms with E-state index in [1.807, 2.05) is 0 Å². The molecule has 1 aliphatic rings. The van der Waals surface area contributed by atoms with Crippen LogP contribution in [0.1, 0.15) is 5.56 Å². The minimum atomic E-state index is -0.686. The van der Waals surface area contributed by atoms with Crippen molar-refractivity contribution in [2.24, 2.45) is 0 Å². The molecule has 4 amide bonds. The van der Waals surface area contributed by atoms with E-state index in [0.717, 1.165) is 11.0 Å². The number of carbonyl (C=O) groups excluding carboxylic acids is 4. The number of halogens is 2. The largest absolute Gasteiger partial charge is 0.493 e. The highest BCUT2D eigenvalue weighted by molar-refractivity contribution is 8.18. The third-order valence-electron chi connectivity index (χ3n) is 5.56. The number of non-ortho nitro benzene ring substituents is 1. The Morgan fingerprint density at radius 1 is 1.05 bits per heavy atom. The monoisotopic (exact) mass is 614 g/mol. The molecule has 15 heteroatoms. The number of hydrogen-bond donors (Lipinski definition) is 2. The molecule has 1 fully saturated rings. The highest BCUT2D eigenvalue weighted by atomic mass is 35.5. The molecule has 3 aromatic carbocycles. The summed E-state index contributed by atoms with van der Waals surface area (Å²) in [7, 11) is 1.37. The van der Waals surface area contributed by atoms with Crippen molar-refractivity contribution in [3.05, 3.63) is 92.1 Å². The Hall–Kier alpha value is -4.95. The summed E-state index contributed by atoms with van der Waals surface area (Å²) in [6.07, 6.45) is 1.43. The first-order valence-corrected chi connectivity index (χ1v) is 13.1. The third kappa shape index (κ3) is 7.41. The average molecular weight is 615 g/mol. The molecule has 0 aliphatic carbocycles. The lowest BCUT2D eigenvalue weighted by molar-refractivity contribution is -0.384. The molecule has 0 spiro atoms. The van der Waals surface area contributed by atoms with Crippen molar-refractivity contribution >= 4 is 69.5 Å². The molecule has 2 N–H and O–H groups in total. The molecule has 42 heavy (non-hydrogen) atoms. The van der Waals surface area contributed by atoms with Gasteiger partial charge in [0.05, 0.1) is 22.0 Å². The predicted octanol–water partition coefficient (Wildman–Crippen LogP) is 5.09. The first kappa shape index (κ1) is 30.0. The number of anilines is 2. The van der Waals surface area contributed by atoms with Crippen molar-refractivity contribution < 1.29 is 38.0 Å². The Morgan fingerprint density at radius 2 is 1.79 bits per heavy atom. The first-order valence-electron chi connectivity index (χ1n) is 11.9. The number of imide groups is 1.